The lowest BCUT2D eigenvalue weighted by Crippen LogP contribution is -2.37. The molecule has 0 aliphatic heterocycles. The third-order valence-corrected chi connectivity index (χ3v) is 4.35. The van der Waals surface area contributed by atoms with E-state index in [9.17, 15) is 4.79 Å². The molecule has 8 nitrogen and oxygen atoms in total. The number of likely N-dealkylation sites (N-methyl/N-ethyl adjacent to an activating group) is 1. The Morgan fingerprint density at radius 2 is 2.04 bits per heavy atom. The van der Waals surface area contributed by atoms with Crippen molar-refractivity contribution >= 4 is 11.7 Å². The van der Waals surface area contributed by atoms with Crippen molar-refractivity contribution in [2.75, 3.05) is 26.1 Å². The molecule has 0 unspecified atom stereocenters. The third-order valence-electron chi connectivity index (χ3n) is 4.35. The lowest BCUT2D eigenvalue weighted by atomic mass is 10.1. The molecule has 2 amide bonds. The van der Waals surface area contributed by atoms with Gasteiger partial charge in [0.15, 0.2) is 5.82 Å². The highest BCUT2D eigenvalue weighted by molar-refractivity contribution is 5.89. The van der Waals surface area contributed by atoms with Crippen LogP contribution in [0.4, 0.5) is 10.5 Å². The van der Waals surface area contributed by atoms with E-state index in [-0.39, 0.29) is 12.1 Å². The van der Waals surface area contributed by atoms with Crippen LogP contribution in [0, 0.1) is 6.92 Å². The molecule has 0 bridgehead atoms. The average Bonchev–Trinajstić information content (AvgIpc) is 3.12. The van der Waals surface area contributed by atoms with Gasteiger partial charge in [0.1, 0.15) is 5.82 Å². The number of nitrogens with one attached hydrogen (secondary N) is 2. The van der Waals surface area contributed by atoms with Gasteiger partial charge in [0.25, 0.3) is 0 Å². The molecule has 0 saturated carbocycles. The molecule has 3 rings (SSSR count). The summed E-state index contributed by atoms with van der Waals surface area (Å²) in [6.07, 6.45) is 2.34. The zero-order valence-corrected chi connectivity index (χ0v) is 16.2. The van der Waals surface area contributed by atoms with Gasteiger partial charge in [-0.15, -0.1) is 0 Å². The molecule has 1 aromatic carbocycles. The topological polar surface area (TPSA) is 96.0 Å². The maximum absolute atomic E-state index is 12.7. The minimum absolute atomic E-state index is 0.231. The van der Waals surface area contributed by atoms with E-state index < -0.39 is 0 Å². The molecule has 0 fully saturated rings. The van der Waals surface area contributed by atoms with Crippen molar-refractivity contribution < 1.29 is 9.53 Å². The van der Waals surface area contributed by atoms with Crippen LogP contribution in [0.5, 0.6) is 0 Å². The Bertz CT molecular complexity index is 895. The van der Waals surface area contributed by atoms with Crippen LogP contribution in [-0.4, -0.2) is 51.9 Å². The number of pyridine rings is 1. The number of H-pyrrole nitrogens is 1. The molecule has 0 saturated heterocycles. The van der Waals surface area contributed by atoms with E-state index in [0.717, 1.165) is 22.9 Å². The van der Waals surface area contributed by atoms with Crippen molar-refractivity contribution in [1.82, 2.24) is 25.1 Å². The molecule has 0 aliphatic carbocycles. The average molecular weight is 380 g/mol. The summed E-state index contributed by atoms with van der Waals surface area (Å²) in [5, 5.41) is 9.89. The van der Waals surface area contributed by atoms with E-state index >= 15 is 0 Å². The predicted octanol–water partition coefficient (Wildman–Crippen LogP) is 2.95. The minimum atomic E-state index is -0.278. The van der Waals surface area contributed by atoms with E-state index in [1.54, 1.807) is 25.3 Å². The molecule has 2 aromatic heterocycles. The highest BCUT2D eigenvalue weighted by Gasteiger charge is 2.22. The van der Waals surface area contributed by atoms with Gasteiger partial charge < -0.3 is 15.0 Å². The first-order valence-electron chi connectivity index (χ1n) is 8.97. The molecule has 0 spiro atoms. The Kier molecular flexibility index (Phi) is 6.33. The number of methoxy groups -OCH3 is 1. The third kappa shape index (κ3) is 4.92. The monoisotopic (exact) mass is 380 g/mol. The fraction of sp³-hybridized carbons (Fsp3) is 0.300. The summed E-state index contributed by atoms with van der Waals surface area (Å²) >= 11 is 0. The lowest BCUT2D eigenvalue weighted by Gasteiger charge is -2.27. The van der Waals surface area contributed by atoms with Crippen LogP contribution in [0.1, 0.15) is 28.9 Å². The van der Waals surface area contributed by atoms with Gasteiger partial charge in [0.2, 0.25) is 0 Å². The molecule has 2 heterocycles. The second kappa shape index (κ2) is 9.09. The molecule has 3 aromatic rings. The quantitative estimate of drug-likeness (QED) is 0.657. The number of amides is 2. The Morgan fingerprint density at radius 1 is 1.25 bits per heavy atom. The minimum Gasteiger partial charge on any atom is -0.382 e. The van der Waals surface area contributed by atoms with Gasteiger partial charge >= 0.3 is 6.03 Å². The number of hydrogen-bond donors (Lipinski definition) is 2. The lowest BCUT2D eigenvalue weighted by molar-refractivity contribution is 0.119. The van der Waals surface area contributed by atoms with Crippen LogP contribution in [0.3, 0.4) is 0 Å². The highest BCUT2D eigenvalue weighted by Crippen LogP contribution is 2.19. The summed E-state index contributed by atoms with van der Waals surface area (Å²) in [6.45, 7) is 2.23. The predicted molar refractivity (Wildman–Crippen MR) is 106 cm³/mol. The standard InChI is InChI=1S/C20H24N6O2/c1-14-22-19(25-24-14)12-15-7-9-16(10-8-15)23-20(27)26(2)18(13-28-3)17-6-4-5-11-21-17/h4-11,18H,12-13H2,1-3H3,(H,23,27)(H,22,24,25)/t18-/m1/s1. The zero-order chi connectivity index (χ0) is 19.9. The highest BCUT2D eigenvalue weighted by atomic mass is 16.5. The van der Waals surface area contributed by atoms with Crippen molar-refractivity contribution in [2.45, 2.75) is 19.4 Å². The maximum Gasteiger partial charge on any atom is 0.322 e. The van der Waals surface area contributed by atoms with Crippen LogP contribution >= 0.6 is 0 Å². The number of aromatic amines is 1. The fourth-order valence-corrected chi connectivity index (χ4v) is 2.84. The van der Waals surface area contributed by atoms with Crippen molar-refractivity contribution in [2.24, 2.45) is 0 Å². The number of aromatic nitrogens is 4. The first kappa shape index (κ1) is 19.5. The van der Waals surface area contributed by atoms with Crippen LogP contribution in [0.25, 0.3) is 0 Å². The summed E-state index contributed by atoms with van der Waals surface area (Å²) in [7, 11) is 3.34. The van der Waals surface area contributed by atoms with Gasteiger partial charge in [-0.25, -0.2) is 9.78 Å². The number of nitrogens with zero attached hydrogens (tertiary/aromatic N) is 4. The molecular formula is C20H24N6O2. The Hall–Kier alpha value is -3.26. The van der Waals surface area contributed by atoms with Crippen LogP contribution in [0.15, 0.2) is 48.7 Å². The Labute approximate surface area is 164 Å². The number of aryl methyl sites for hydroxylation is 1. The SMILES string of the molecule is COC[C@H](c1ccccn1)N(C)C(=O)Nc1ccc(Cc2n[nH]c(C)n2)cc1. The van der Waals surface area contributed by atoms with Crippen LogP contribution < -0.4 is 5.32 Å². The number of benzene rings is 1. The van der Waals surface area contributed by atoms with Crippen molar-refractivity contribution in [3.8, 4) is 0 Å². The van der Waals surface area contributed by atoms with Gasteiger partial charge in [-0.3, -0.25) is 10.1 Å². The van der Waals surface area contributed by atoms with Crippen molar-refractivity contribution in [3.05, 3.63) is 71.6 Å². The number of carbonyl (C=O) groups is 1. The summed E-state index contributed by atoms with van der Waals surface area (Å²) in [5.74, 6) is 1.53. The summed E-state index contributed by atoms with van der Waals surface area (Å²) in [5.41, 5.74) is 2.55. The summed E-state index contributed by atoms with van der Waals surface area (Å²) in [6, 6.07) is 12.7. The number of carbonyl (C=O) groups excluding carboxylic acids is 1. The number of urea groups is 1. The van der Waals surface area contributed by atoms with Crippen LogP contribution in [-0.2, 0) is 11.2 Å². The van der Waals surface area contributed by atoms with Crippen LogP contribution in [0.2, 0.25) is 0 Å². The number of anilines is 1. The van der Waals surface area contributed by atoms with Gasteiger partial charge in [0, 0.05) is 32.5 Å². The van der Waals surface area contributed by atoms with Crippen molar-refractivity contribution in [1.29, 1.82) is 0 Å². The van der Waals surface area contributed by atoms with Crippen molar-refractivity contribution in [3.63, 3.8) is 0 Å². The van der Waals surface area contributed by atoms with E-state index in [0.29, 0.717) is 18.7 Å². The second-order valence-electron chi connectivity index (χ2n) is 6.48. The normalized spacial score (nSPS) is 11.8. The number of ether oxygens (including phenoxy) is 1. The number of rotatable bonds is 7. The Balaban J connectivity index is 1.64. The molecular weight excluding hydrogens is 356 g/mol. The first-order chi connectivity index (χ1) is 13.6. The molecule has 0 aliphatic rings. The fourth-order valence-electron chi connectivity index (χ4n) is 2.84. The summed E-state index contributed by atoms with van der Waals surface area (Å²) < 4.78 is 5.28. The van der Waals surface area contributed by atoms with E-state index in [4.69, 9.17) is 4.74 Å². The molecule has 2 N–H and O–H groups in total. The molecule has 146 valence electrons. The first-order valence-corrected chi connectivity index (χ1v) is 8.97. The van der Waals surface area contributed by atoms with Gasteiger partial charge in [0.05, 0.1) is 18.3 Å². The smallest absolute Gasteiger partial charge is 0.322 e. The van der Waals surface area contributed by atoms with Gasteiger partial charge in [-0.2, -0.15) is 5.10 Å². The van der Waals surface area contributed by atoms with E-state index in [1.165, 1.54) is 0 Å². The van der Waals surface area contributed by atoms with Gasteiger partial charge in [-0.1, -0.05) is 18.2 Å². The largest absolute Gasteiger partial charge is 0.382 e. The van der Waals surface area contributed by atoms with Gasteiger partial charge in [-0.05, 0) is 36.8 Å². The molecule has 1 atom stereocenters. The number of hydrogen-bond acceptors (Lipinski definition) is 5. The molecule has 8 heteroatoms. The maximum atomic E-state index is 12.7. The summed E-state index contributed by atoms with van der Waals surface area (Å²) in [4.78, 5) is 22.9. The van der Waals surface area contributed by atoms with E-state index in [1.807, 2.05) is 49.4 Å². The Morgan fingerprint density at radius 3 is 2.64 bits per heavy atom. The molecule has 28 heavy (non-hydrogen) atoms. The molecule has 0 radical (unpaired) electrons. The second-order valence-corrected chi connectivity index (χ2v) is 6.48. The van der Waals surface area contributed by atoms with E-state index in [2.05, 4.69) is 25.5 Å². The zero-order valence-electron chi connectivity index (χ0n) is 16.2.